The van der Waals surface area contributed by atoms with Crippen molar-refractivity contribution in [2.45, 2.75) is 50.5 Å². The van der Waals surface area contributed by atoms with Crippen LogP contribution in [-0.2, 0) is 0 Å². The van der Waals surface area contributed by atoms with Gasteiger partial charge in [-0.2, -0.15) is 0 Å². The lowest BCUT2D eigenvalue weighted by Crippen LogP contribution is -2.22. The second kappa shape index (κ2) is 6.25. The van der Waals surface area contributed by atoms with E-state index in [1.54, 1.807) is 0 Å². The van der Waals surface area contributed by atoms with Crippen LogP contribution in [0, 0.1) is 0 Å². The van der Waals surface area contributed by atoms with E-state index in [9.17, 15) is 0 Å². The summed E-state index contributed by atoms with van der Waals surface area (Å²) in [4.78, 5) is 0. The van der Waals surface area contributed by atoms with Crippen molar-refractivity contribution in [3.63, 3.8) is 0 Å². The first-order valence-electron chi connectivity index (χ1n) is 9.74. The van der Waals surface area contributed by atoms with Gasteiger partial charge in [-0.05, 0) is 36.1 Å². The highest BCUT2D eigenvalue weighted by Gasteiger charge is 2.37. The molecule has 2 unspecified atom stereocenters. The lowest BCUT2D eigenvalue weighted by molar-refractivity contribution is 0.358. The van der Waals surface area contributed by atoms with E-state index in [-0.39, 0.29) is 0 Å². The maximum absolute atomic E-state index is 6.11. The minimum absolute atomic E-state index is 0.583. The number of benzene rings is 1. The van der Waals surface area contributed by atoms with Gasteiger partial charge in [-0.1, -0.05) is 62.1 Å². The second-order valence-electron chi connectivity index (χ2n) is 7.52. The lowest BCUT2D eigenvalue weighted by atomic mass is 9.80. The average Bonchev–Trinajstić information content (AvgIpc) is 2.93. The molecule has 2 nitrogen and oxygen atoms in total. The molecule has 4 aliphatic rings. The van der Waals surface area contributed by atoms with Crippen molar-refractivity contribution in [2.75, 3.05) is 11.9 Å². The number of fused-ring (bicyclic) bond motifs is 8. The highest BCUT2D eigenvalue weighted by atomic mass is 16.5. The molecule has 0 amide bonds. The van der Waals surface area contributed by atoms with Gasteiger partial charge in [0.2, 0.25) is 0 Å². The van der Waals surface area contributed by atoms with Gasteiger partial charge in [0.05, 0.1) is 0 Å². The molecule has 1 aromatic rings. The van der Waals surface area contributed by atoms with Crippen LogP contribution in [0.1, 0.15) is 66.7 Å². The fourth-order valence-corrected chi connectivity index (χ4v) is 4.92. The Morgan fingerprint density at radius 1 is 0.800 bits per heavy atom. The van der Waals surface area contributed by atoms with Crippen molar-refractivity contribution >= 4 is 23.9 Å². The molecule has 2 heterocycles. The van der Waals surface area contributed by atoms with Crippen LogP contribution >= 0.6 is 0 Å². The molecule has 0 spiro atoms. The zero-order valence-electron chi connectivity index (χ0n) is 14.6. The van der Waals surface area contributed by atoms with E-state index in [1.807, 2.05) is 0 Å². The van der Waals surface area contributed by atoms with Crippen molar-refractivity contribution < 1.29 is 4.74 Å². The summed E-state index contributed by atoms with van der Waals surface area (Å²) in [6.07, 6.45) is 25.5. The summed E-state index contributed by atoms with van der Waals surface area (Å²) in [5, 5.41) is 3.91. The number of allylic oxidation sites excluding steroid dienone is 4. The monoisotopic (exact) mass is 331 g/mol. The molecule has 2 aliphatic heterocycles. The van der Waals surface area contributed by atoms with E-state index in [0.29, 0.717) is 18.6 Å². The van der Waals surface area contributed by atoms with Crippen LogP contribution in [0.15, 0.2) is 30.4 Å². The Kier molecular flexibility index (Phi) is 3.77. The second-order valence-corrected chi connectivity index (χ2v) is 7.52. The van der Waals surface area contributed by atoms with Crippen LogP contribution in [0.5, 0.6) is 5.75 Å². The molecule has 2 atom stereocenters. The van der Waals surface area contributed by atoms with Gasteiger partial charge in [-0.25, -0.2) is 0 Å². The molecule has 1 fully saturated rings. The number of nitrogens with one attached hydrogen (secondary N) is 1. The summed E-state index contributed by atoms with van der Waals surface area (Å²) >= 11 is 0. The van der Waals surface area contributed by atoms with Gasteiger partial charge < -0.3 is 10.1 Å². The largest absolute Gasteiger partial charge is 0.488 e. The zero-order chi connectivity index (χ0) is 16.6. The number of hydrogen-bond donors (Lipinski definition) is 1. The van der Waals surface area contributed by atoms with E-state index in [0.717, 1.165) is 5.75 Å². The maximum Gasteiger partial charge on any atom is 0.136 e. The Labute approximate surface area is 150 Å². The maximum atomic E-state index is 6.11. The minimum Gasteiger partial charge on any atom is -0.488 e. The molecule has 2 aliphatic carbocycles. The van der Waals surface area contributed by atoms with Crippen molar-refractivity contribution in [2.24, 2.45) is 0 Å². The Balaban J connectivity index is 1.75. The summed E-state index contributed by atoms with van der Waals surface area (Å²) in [6.45, 7) is 0.665. The van der Waals surface area contributed by atoms with Gasteiger partial charge in [-0.3, -0.25) is 0 Å². The molecule has 128 valence electrons. The van der Waals surface area contributed by atoms with Gasteiger partial charge in [0.15, 0.2) is 0 Å². The first-order chi connectivity index (χ1) is 12.4. The Morgan fingerprint density at radius 3 is 2.48 bits per heavy atom. The Hall–Kier alpha value is -2.22. The molecule has 1 saturated carbocycles. The van der Waals surface area contributed by atoms with E-state index in [1.165, 1.54) is 66.5 Å². The average molecular weight is 331 g/mol. The molecule has 5 rings (SSSR count). The molecule has 0 aromatic heterocycles. The van der Waals surface area contributed by atoms with Crippen LogP contribution < -0.4 is 10.1 Å². The fraction of sp³-hybridized carbons (Fsp3) is 0.391. The molecular weight excluding hydrogens is 306 g/mol. The summed E-state index contributed by atoms with van der Waals surface area (Å²) in [5.74, 6) is 1.68. The third-order valence-corrected chi connectivity index (χ3v) is 6.04. The standard InChI is InChI=1S/C23H25NO/c1-2-6-11-17-16(10-5-1)21-18-12-7-3-4-8-14-20(18)24-22(21)19-13-9-15-25-23(17)19/h1-2,5-6,9-11,13,18,20,24H,3-4,7-8,12,14-15H2/b2-1-,5-1?,6-2?,10-5-,11-6-,16-10?,17-11?. The Bertz CT molecular complexity index is 812. The fourth-order valence-electron chi connectivity index (χ4n) is 4.92. The lowest BCUT2D eigenvalue weighted by Gasteiger charge is -2.25. The van der Waals surface area contributed by atoms with Crippen LogP contribution in [0.2, 0.25) is 0 Å². The van der Waals surface area contributed by atoms with Crippen LogP contribution in [0.3, 0.4) is 0 Å². The molecule has 1 N–H and O–H groups in total. The number of ether oxygens (including phenoxy) is 1. The van der Waals surface area contributed by atoms with Crippen molar-refractivity contribution in [3.8, 4) is 5.75 Å². The zero-order valence-corrected chi connectivity index (χ0v) is 14.6. The highest BCUT2D eigenvalue weighted by Crippen LogP contribution is 2.51. The SMILES string of the molecule is C1=Cc2c3c(c4c(c2OC1)\C=C/C=C\C=C/4)C1CCCCCCC1N3. The molecule has 0 radical (unpaired) electrons. The van der Waals surface area contributed by atoms with Crippen molar-refractivity contribution in [3.05, 3.63) is 52.6 Å². The first-order valence-corrected chi connectivity index (χ1v) is 9.74. The number of anilines is 1. The van der Waals surface area contributed by atoms with Gasteiger partial charge in [0, 0.05) is 28.8 Å². The third-order valence-electron chi connectivity index (χ3n) is 6.04. The summed E-state index contributed by atoms with van der Waals surface area (Å²) < 4.78 is 6.11. The van der Waals surface area contributed by atoms with Gasteiger partial charge >= 0.3 is 0 Å². The van der Waals surface area contributed by atoms with Crippen LogP contribution in [-0.4, -0.2) is 12.6 Å². The van der Waals surface area contributed by atoms with Gasteiger partial charge in [0.25, 0.3) is 0 Å². The quantitative estimate of drug-likeness (QED) is 0.637. The van der Waals surface area contributed by atoms with Crippen LogP contribution in [0.25, 0.3) is 18.2 Å². The highest BCUT2D eigenvalue weighted by molar-refractivity contribution is 5.90. The summed E-state index contributed by atoms with van der Waals surface area (Å²) in [5.41, 5.74) is 6.75. The smallest absolute Gasteiger partial charge is 0.136 e. The Morgan fingerprint density at radius 2 is 1.60 bits per heavy atom. The van der Waals surface area contributed by atoms with E-state index >= 15 is 0 Å². The van der Waals surface area contributed by atoms with Crippen LogP contribution in [0.4, 0.5) is 5.69 Å². The number of rotatable bonds is 0. The van der Waals surface area contributed by atoms with Gasteiger partial charge in [-0.15, -0.1) is 0 Å². The first kappa shape index (κ1) is 15.1. The molecule has 2 heteroatoms. The minimum atomic E-state index is 0.583. The van der Waals surface area contributed by atoms with Crippen molar-refractivity contribution in [1.29, 1.82) is 0 Å². The van der Waals surface area contributed by atoms with Crippen molar-refractivity contribution in [1.82, 2.24) is 0 Å². The predicted octanol–water partition coefficient (Wildman–Crippen LogP) is 5.92. The number of hydrogen-bond acceptors (Lipinski definition) is 2. The normalized spacial score (nSPS) is 29.9. The molecule has 0 saturated heterocycles. The molecule has 0 bridgehead atoms. The predicted molar refractivity (Wildman–Crippen MR) is 106 cm³/mol. The topological polar surface area (TPSA) is 21.3 Å². The summed E-state index contributed by atoms with van der Waals surface area (Å²) in [7, 11) is 0. The summed E-state index contributed by atoms with van der Waals surface area (Å²) in [6, 6.07) is 0.583. The third kappa shape index (κ3) is 2.47. The van der Waals surface area contributed by atoms with E-state index in [2.05, 4.69) is 53.9 Å². The molecular formula is C23H25NO. The molecule has 1 aromatic carbocycles. The van der Waals surface area contributed by atoms with E-state index < -0.39 is 0 Å². The van der Waals surface area contributed by atoms with Gasteiger partial charge in [0.1, 0.15) is 12.4 Å². The van der Waals surface area contributed by atoms with E-state index in [4.69, 9.17) is 4.74 Å². The molecule has 25 heavy (non-hydrogen) atoms.